The van der Waals surface area contributed by atoms with Gasteiger partial charge in [0.2, 0.25) is 5.75 Å². The maximum absolute atomic E-state index is 14.5. The summed E-state index contributed by atoms with van der Waals surface area (Å²) < 4.78 is 47.2. The van der Waals surface area contributed by atoms with E-state index in [0.29, 0.717) is 40.5 Å². The van der Waals surface area contributed by atoms with Crippen molar-refractivity contribution in [3.63, 3.8) is 0 Å². The number of ether oxygens (including phenoxy) is 3. The third-order valence-corrected chi connectivity index (χ3v) is 7.67. The second-order valence-corrected chi connectivity index (χ2v) is 10.1. The molecule has 0 spiro atoms. The highest BCUT2D eigenvalue weighted by Crippen LogP contribution is 2.42. The van der Waals surface area contributed by atoms with E-state index in [1.54, 1.807) is 39.5 Å². The fourth-order valence-electron chi connectivity index (χ4n) is 4.57. The lowest BCUT2D eigenvalue weighted by molar-refractivity contribution is 0.324. The smallest absolute Gasteiger partial charge is 0.203 e. The molecule has 3 aromatic carbocycles. The average Bonchev–Trinajstić information content (AvgIpc) is 3.40. The van der Waals surface area contributed by atoms with Crippen LogP contribution in [0.3, 0.4) is 0 Å². The van der Waals surface area contributed by atoms with Gasteiger partial charge in [-0.2, -0.15) is 0 Å². The highest BCUT2D eigenvalue weighted by Gasteiger charge is 2.21. The lowest BCUT2D eigenvalue weighted by Crippen LogP contribution is -2.03. The average molecular weight is 575 g/mol. The third-order valence-electron chi connectivity index (χ3n) is 6.66. The van der Waals surface area contributed by atoms with E-state index in [2.05, 4.69) is 16.8 Å². The first kappa shape index (κ1) is 28.1. The molecule has 0 fully saturated rings. The van der Waals surface area contributed by atoms with E-state index in [4.69, 9.17) is 19.2 Å². The monoisotopic (exact) mass is 574 g/mol. The first-order valence-corrected chi connectivity index (χ1v) is 13.7. The molecule has 7 nitrogen and oxygen atoms in total. The Morgan fingerprint density at radius 1 is 0.927 bits per heavy atom. The third kappa shape index (κ3) is 5.35. The molecule has 2 aromatic heterocycles. The van der Waals surface area contributed by atoms with E-state index in [0.717, 1.165) is 22.0 Å². The van der Waals surface area contributed by atoms with Crippen molar-refractivity contribution in [2.24, 2.45) is 0 Å². The van der Waals surface area contributed by atoms with Crippen LogP contribution in [0.5, 0.6) is 17.2 Å². The number of benzene rings is 3. The van der Waals surface area contributed by atoms with Crippen molar-refractivity contribution in [3.05, 3.63) is 90.0 Å². The number of methoxy groups -OCH3 is 3. The molecule has 41 heavy (non-hydrogen) atoms. The summed E-state index contributed by atoms with van der Waals surface area (Å²) >= 11 is 1.28. The summed E-state index contributed by atoms with van der Waals surface area (Å²) in [5, 5.41) is 10.4. The zero-order valence-corrected chi connectivity index (χ0v) is 23.9. The van der Waals surface area contributed by atoms with Gasteiger partial charge in [-0.3, -0.25) is 4.57 Å². The Kier molecular flexibility index (Phi) is 8.21. The van der Waals surface area contributed by atoms with Gasteiger partial charge in [-0.25, -0.2) is 13.8 Å². The van der Waals surface area contributed by atoms with Crippen LogP contribution < -0.4 is 14.2 Å². The molecule has 0 atom stereocenters. The number of halogens is 2. The Balaban J connectivity index is 1.62. The molecule has 0 radical (unpaired) electrons. The van der Waals surface area contributed by atoms with Crippen molar-refractivity contribution in [2.75, 3.05) is 21.3 Å². The maximum Gasteiger partial charge on any atom is 0.203 e. The summed E-state index contributed by atoms with van der Waals surface area (Å²) in [5.74, 6) is 0.596. The van der Waals surface area contributed by atoms with Gasteiger partial charge in [0.15, 0.2) is 34.1 Å². The molecular formula is C31H28F2N4O3S. The van der Waals surface area contributed by atoms with Crippen LogP contribution in [0.2, 0.25) is 0 Å². The minimum absolute atomic E-state index is 0.187. The molecular weight excluding hydrogens is 546 g/mol. The summed E-state index contributed by atoms with van der Waals surface area (Å²) in [7, 11) is 4.68. The number of hydrogen-bond donors (Lipinski definition) is 0. The molecule has 0 N–H and O–H groups in total. The van der Waals surface area contributed by atoms with Crippen LogP contribution in [0.4, 0.5) is 8.78 Å². The fraction of sp³-hybridized carbons (Fsp3) is 0.194. The molecule has 5 aromatic rings. The van der Waals surface area contributed by atoms with Gasteiger partial charge in [-0.1, -0.05) is 48.2 Å². The normalized spacial score (nSPS) is 11.1. The van der Waals surface area contributed by atoms with Gasteiger partial charge in [-0.05, 0) is 36.8 Å². The predicted octanol–water partition coefficient (Wildman–Crippen LogP) is 7.25. The Morgan fingerprint density at radius 2 is 1.66 bits per heavy atom. The summed E-state index contributed by atoms with van der Waals surface area (Å²) in [6.07, 6.45) is 1.74. The quantitative estimate of drug-likeness (QED) is 0.129. The summed E-state index contributed by atoms with van der Waals surface area (Å²) in [5.41, 5.74) is 3.50. The number of hydrogen-bond acceptors (Lipinski definition) is 7. The van der Waals surface area contributed by atoms with Crippen molar-refractivity contribution in [3.8, 4) is 39.9 Å². The van der Waals surface area contributed by atoms with E-state index in [-0.39, 0.29) is 16.9 Å². The molecule has 0 amide bonds. The standard InChI is InChI=1S/C31H28F2N4O3S/c1-6-13-37-30(35-36-31(37)41-17-19-12-11-18(2)27(32)28(19)33)22-16-24(34-23-10-8-7-9-21(22)23)20-14-25(38-3)29(40-5)26(15-20)39-4/h6-12,14-16H,1,13,17H2,2-5H3. The number of fused-ring (bicyclic) bond motifs is 1. The molecule has 0 saturated carbocycles. The highest BCUT2D eigenvalue weighted by atomic mass is 32.2. The van der Waals surface area contributed by atoms with E-state index >= 15 is 0 Å². The Labute approximate surface area is 240 Å². The number of thioether (sulfide) groups is 1. The van der Waals surface area contributed by atoms with Crippen LogP contribution >= 0.6 is 11.8 Å². The van der Waals surface area contributed by atoms with Crippen LogP contribution in [0.1, 0.15) is 11.1 Å². The molecule has 0 aliphatic rings. The zero-order valence-electron chi connectivity index (χ0n) is 23.1. The molecule has 0 bridgehead atoms. The van der Waals surface area contributed by atoms with Crippen molar-refractivity contribution in [2.45, 2.75) is 24.4 Å². The number of pyridine rings is 1. The molecule has 5 rings (SSSR count). The van der Waals surface area contributed by atoms with Crippen LogP contribution in [0, 0.1) is 18.6 Å². The van der Waals surface area contributed by atoms with Crippen LogP contribution in [-0.4, -0.2) is 41.1 Å². The topological polar surface area (TPSA) is 71.3 Å². The van der Waals surface area contributed by atoms with Gasteiger partial charge in [-0.15, -0.1) is 16.8 Å². The minimum Gasteiger partial charge on any atom is -0.493 e. The maximum atomic E-state index is 14.5. The van der Waals surface area contributed by atoms with Gasteiger partial charge < -0.3 is 14.2 Å². The predicted molar refractivity (Wildman–Crippen MR) is 157 cm³/mol. The largest absolute Gasteiger partial charge is 0.493 e. The van der Waals surface area contributed by atoms with E-state index in [9.17, 15) is 8.78 Å². The van der Waals surface area contributed by atoms with Crippen molar-refractivity contribution in [1.29, 1.82) is 0 Å². The molecule has 0 aliphatic carbocycles. The molecule has 10 heteroatoms. The summed E-state index contributed by atoms with van der Waals surface area (Å²) in [6, 6.07) is 16.5. The minimum atomic E-state index is -0.845. The molecule has 2 heterocycles. The van der Waals surface area contributed by atoms with E-state index in [1.807, 2.05) is 47.0 Å². The van der Waals surface area contributed by atoms with E-state index in [1.165, 1.54) is 18.7 Å². The molecule has 0 saturated heterocycles. The number of rotatable bonds is 10. The van der Waals surface area contributed by atoms with Gasteiger partial charge >= 0.3 is 0 Å². The molecule has 0 aliphatic heterocycles. The lowest BCUT2D eigenvalue weighted by atomic mass is 10.0. The fourth-order valence-corrected chi connectivity index (χ4v) is 5.49. The van der Waals surface area contributed by atoms with Crippen molar-refractivity contribution < 1.29 is 23.0 Å². The molecule has 210 valence electrons. The first-order chi connectivity index (χ1) is 19.9. The zero-order chi connectivity index (χ0) is 29.1. The van der Waals surface area contributed by atoms with Gasteiger partial charge in [0.25, 0.3) is 0 Å². The van der Waals surface area contributed by atoms with Crippen LogP contribution in [-0.2, 0) is 12.3 Å². The van der Waals surface area contributed by atoms with Crippen molar-refractivity contribution >= 4 is 22.7 Å². The summed E-state index contributed by atoms with van der Waals surface area (Å²) in [4.78, 5) is 4.91. The second kappa shape index (κ2) is 12.0. The Morgan fingerprint density at radius 3 is 2.34 bits per heavy atom. The second-order valence-electron chi connectivity index (χ2n) is 9.15. The summed E-state index contributed by atoms with van der Waals surface area (Å²) in [6.45, 7) is 5.84. The number of para-hydroxylation sites is 1. The lowest BCUT2D eigenvalue weighted by Gasteiger charge is -2.15. The highest BCUT2D eigenvalue weighted by molar-refractivity contribution is 7.98. The first-order valence-electron chi connectivity index (χ1n) is 12.7. The molecule has 0 unspecified atom stereocenters. The van der Waals surface area contributed by atoms with Gasteiger partial charge in [0.05, 0.1) is 32.5 Å². The Bertz CT molecular complexity index is 1730. The number of aromatic nitrogens is 4. The number of aryl methyl sites for hydroxylation is 1. The van der Waals surface area contributed by atoms with Gasteiger partial charge in [0.1, 0.15) is 0 Å². The Hall–Kier alpha value is -4.44. The number of nitrogens with zero attached hydrogens (tertiary/aromatic N) is 4. The van der Waals surface area contributed by atoms with Crippen LogP contribution in [0.15, 0.2) is 72.4 Å². The van der Waals surface area contributed by atoms with E-state index < -0.39 is 11.6 Å². The number of allylic oxidation sites excluding steroid dienone is 1. The SMILES string of the molecule is C=CCn1c(SCc2ccc(C)c(F)c2F)nnc1-c1cc(-c2cc(OC)c(OC)c(OC)c2)nc2ccccc12. The van der Waals surface area contributed by atoms with Gasteiger partial charge in [0, 0.05) is 34.4 Å². The van der Waals surface area contributed by atoms with Crippen LogP contribution in [0.25, 0.3) is 33.5 Å². The van der Waals surface area contributed by atoms with Crippen molar-refractivity contribution in [1.82, 2.24) is 19.7 Å².